The molecule has 0 aromatic heterocycles. The smallest absolute Gasteiger partial charge is 0.335 e. The van der Waals surface area contributed by atoms with Gasteiger partial charge in [-0.3, -0.25) is 0 Å². The number of aromatic carboxylic acids is 1. The van der Waals surface area contributed by atoms with E-state index in [0.717, 1.165) is 17.8 Å². The van der Waals surface area contributed by atoms with E-state index >= 15 is 0 Å². The van der Waals surface area contributed by atoms with Crippen LogP contribution in [0, 0.1) is 17.8 Å². The molecule has 2 aliphatic carbocycles. The van der Waals surface area contributed by atoms with E-state index in [1.54, 1.807) is 12.1 Å². The number of hydrogen-bond donors (Lipinski definition) is 1. The molecule has 0 unspecified atom stereocenters. The largest absolute Gasteiger partial charge is 0.478 e. The summed E-state index contributed by atoms with van der Waals surface area (Å²) in [6.45, 7) is 2.30. The first kappa shape index (κ1) is 22.4. The van der Waals surface area contributed by atoms with Crippen molar-refractivity contribution in [1.82, 2.24) is 0 Å². The van der Waals surface area contributed by atoms with Crippen LogP contribution in [0.1, 0.15) is 125 Å². The molecule has 2 nitrogen and oxygen atoms in total. The number of rotatable bonds is 10. The molecule has 2 fully saturated rings. The molecule has 2 aliphatic rings. The maximum absolute atomic E-state index is 11.0. The molecule has 2 saturated carbocycles. The Balaban J connectivity index is 1.33. The molecule has 29 heavy (non-hydrogen) atoms. The normalized spacial score (nSPS) is 27.6. The Morgan fingerprint density at radius 3 is 1.93 bits per heavy atom. The van der Waals surface area contributed by atoms with E-state index in [9.17, 15) is 4.79 Å². The Kier molecular flexibility index (Phi) is 9.08. The highest BCUT2D eigenvalue weighted by molar-refractivity contribution is 5.87. The number of hydrogen-bond acceptors (Lipinski definition) is 1. The van der Waals surface area contributed by atoms with Gasteiger partial charge in [0.15, 0.2) is 0 Å². The fraction of sp³-hybridized carbons (Fsp3) is 0.741. The SMILES string of the molecule is CCCCCCCCC1CCC(C2CCC(c3ccc(C(=O)O)cc3)CC2)CC1. The molecular weight excluding hydrogens is 356 g/mol. The summed E-state index contributed by atoms with van der Waals surface area (Å²) in [5.74, 6) is 2.75. The van der Waals surface area contributed by atoms with Gasteiger partial charge in [-0.25, -0.2) is 4.79 Å². The average Bonchev–Trinajstić information content (AvgIpc) is 2.77. The van der Waals surface area contributed by atoms with E-state index in [2.05, 4.69) is 6.92 Å². The zero-order chi connectivity index (χ0) is 20.5. The van der Waals surface area contributed by atoms with Crippen molar-refractivity contribution in [3.8, 4) is 0 Å². The van der Waals surface area contributed by atoms with Crippen LogP contribution in [0.25, 0.3) is 0 Å². The number of carboxylic acid groups (broad SMARTS) is 1. The van der Waals surface area contributed by atoms with Gasteiger partial charge < -0.3 is 5.11 Å². The predicted octanol–water partition coefficient (Wildman–Crippen LogP) is 8.22. The Morgan fingerprint density at radius 1 is 0.793 bits per heavy atom. The van der Waals surface area contributed by atoms with Crippen molar-refractivity contribution >= 4 is 5.97 Å². The number of unbranched alkanes of at least 4 members (excludes halogenated alkanes) is 5. The first-order chi connectivity index (χ1) is 14.2. The molecule has 0 atom stereocenters. The molecule has 1 aromatic rings. The molecule has 2 heteroatoms. The van der Waals surface area contributed by atoms with Crippen molar-refractivity contribution < 1.29 is 9.90 Å². The Labute approximate surface area is 178 Å². The first-order valence-corrected chi connectivity index (χ1v) is 12.5. The molecule has 0 amide bonds. The van der Waals surface area contributed by atoms with Gasteiger partial charge in [0.25, 0.3) is 0 Å². The van der Waals surface area contributed by atoms with Gasteiger partial charge >= 0.3 is 5.97 Å². The molecule has 0 spiro atoms. The lowest BCUT2D eigenvalue weighted by Gasteiger charge is -2.38. The summed E-state index contributed by atoms with van der Waals surface area (Å²) in [4.78, 5) is 11.0. The minimum atomic E-state index is -0.827. The van der Waals surface area contributed by atoms with E-state index < -0.39 is 5.97 Å². The summed E-state index contributed by atoms with van der Waals surface area (Å²) < 4.78 is 0. The quantitative estimate of drug-likeness (QED) is 0.403. The second-order valence-corrected chi connectivity index (χ2v) is 9.88. The maximum atomic E-state index is 11.0. The fourth-order valence-corrected chi connectivity index (χ4v) is 5.98. The summed E-state index contributed by atoms with van der Waals surface area (Å²) >= 11 is 0. The fourth-order valence-electron chi connectivity index (χ4n) is 5.98. The zero-order valence-corrected chi connectivity index (χ0v) is 18.6. The van der Waals surface area contributed by atoms with Crippen LogP contribution >= 0.6 is 0 Å². The minimum absolute atomic E-state index is 0.403. The van der Waals surface area contributed by atoms with Gasteiger partial charge in [-0.1, -0.05) is 76.8 Å². The number of carbonyl (C=O) groups is 1. The van der Waals surface area contributed by atoms with Crippen molar-refractivity contribution in [1.29, 1.82) is 0 Å². The second kappa shape index (κ2) is 11.8. The number of carboxylic acids is 1. The van der Waals surface area contributed by atoms with Gasteiger partial charge in [0, 0.05) is 0 Å². The van der Waals surface area contributed by atoms with Crippen molar-refractivity contribution in [2.45, 2.75) is 109 Å². The monoisotopic (exact) mass is 398 g/mol. The van der Waals surface area contributed by atoms with Crippen LogP contribution in [-0.4, -0.2) is 11.1 Å². The molecule has 0 heterocycles. The third kappa shape index (κ3) is 6.86. The van der Waals surface area contributed by atoms with Gasteiger partial charge in [-0.15, -0.1) is 0 Å². The highest BCUT2D eigenvalue weighted by atomic mass is 16.4. The average molecular weight is 399 g/mol. The second-order valence-electron chi connectivity index (χ2n) is 9.88. The molecule has 0 saturated heterocycles. The molecule has 3 rings (SSSR count). The first-order valence-electron chi connectivity index (χ1n) is 12.5. The molecule has 1 aromatic carbocycles. The highest BCUT2D eigenvalue weighted by Gasteiger charge is 2.31. The lowest BCUT2D eigenvalue weighted by atomic mass is 9.68. The molecule has 162 valence electrons. The maximum Gasteiger partial charge on any atom is 0.335 e. The summed E-state index contributed by atoms with van der Waals surface area (Å²) in [6.07, 6.45) is 21.3. The third-order valence-corrected chi connectivity index (χ3v) is 7.92. The Bertz CT molecular complexity index is 589. The van der Waals surface area contributed by atoms with Crippen molar-refractivity contribution in [3.05, 3.63) is 35.4 Å². The van der Waals surface area contributed by atoms with Crippen LogP contribution in [0.15, 0.2) is 24.3 Å². The zero-order valence-electron chi connectivity index (χ0n) is 18.6. The molecular formula is C27H42O2. The van der Waals surface area contributed by atoms with Crippen LogP contribution in [0.2, 0.25) is 0 Å². The van der Waals surface area contributed by atoms with Gasteiger partial charge in [-0.2, -0.15) is 0 Å². The third-order valence-electron chi connectivity index (χ3n) is 7.92. The summed E-state index contributed by atoms with van der Waals surface area (Å²) in [5.41, 5.74) is 1.75. The lowest BCUT2D eigenvalue weighted by molar-refractivity contribution is 0.0697. The highest BCUT2D eigenvalue weighted by Crippen LogP contribution is 2.44. The van der Waals surface area contributed by atoms with E-state index in [0.29, 0.717) is 11.5 Å². The van der Waals surface area contributed by atoms with Gasteiger partial charge in [-0.05, 0) is 79.9 Å². The van der Waals surface area contributed by atoms with E-state index in [1.807, 2.05) is 12.1 Å². The van der Waals surface area contributed by atoms with E-state index in [-0.39, 0.29) is 0 Å². The van der Waals surface area contributed by atoms with E-state index in [1.165, 1.54) is 102 Å². The van der Waals surface area contributed by atoms with Gasteiger partial charge in [0.05, 0.1) is 5.56 Å². The van der Waals surface area contributed by atoms with Crippen LogP contribution in [0.4, 0.5) is 0 Å². The molecule has 0 bridgehead atoms. The molecule has 0 aliphatic heterocycles. The lowest BCUT2D eigenvalue weighted by Crippen LogP contribution is -2.25. The molecule has 1 N–H and O–H groups in total. The number of benzene rings is 1. The van der Waals surface area contributed by atoms with Gasteiger partial charge in [0.2, 0.25) is 0 Å². The standard InChI is InChI=1S/C27H42O2/c1-2-3-4-5-6-7-8-21-9-11-22(12-10-21)23-13-15-24(16-14-23)25-17-19-26(20-18-25)27(28)29/h17-24H,2-16H2,1H3,(H,28,29). The van der Waals surface area contributed by atoms with Crippen LogP contribution in [0.5, 0.6) is 0 Å². The summed E-state index contributed by atoms with van der Waals surface area (Å²) in [7, 11) is 0. The summed E-state index contributed by atoms with van der Waals surface area (Å²) in [5, 5.41) is 9.08. The Morgan fingerprint density at radius 2 is 1.34 bits per heavy atom. The van der Waals surface area contributed by atoms with Gasteiger partial charge in [0.1, 0.15) is 0 Å². The van der Waals surface area contributed by atoms with Crippen LogP contribution in [-0.2, 0) is 0 Å². The van der Waals surface area contributed by atoms with E-state index in [4.69, 9.17) is 5.11 Å². The van der Waals surface area contributed by atoms with Crippen molar-refractivity contribution in [2.75, 3.05) is 0 Å². The minimum Gasteiger partial charge on any atom is -0.478 e. The van der Waals surface area contributed by atoms with Crippen molar-refractivity contribution in [3.63, 3.8) is 0 Å². The van der Waals surface area contributed by atoms with Crippen LogP contribution < -0.4 is 0 Å². The topological polar surface area (TPSA) is 37.3 Å². The van der Waals surface area contributed by atoms with Crippen molar-refractivity contribution in [2.24, 2.45) is 17.8 Å². The Hall–Kier alpha value is -1.31. The predicted molar refractivity (Wildman–Crippen MR) is 122 cm³/mol. The van der Waals surface area contributed by atoms with Crippen LogP contribution in [0.3, 0.4) is 0 Å². The summed E-state index contributed by atoms with van der Waals surface area (Å²) in [6, 6.07) is 7.63. The molecule has 0 radical (unpaired) electrons.